The molecule has 0 amide bonds. The van der Waals surface area contributed by atoms with E-state index < -0.39 is 0 Å². The number of hydrogen-bond donors (Lipinski definition) is 0. The summed E-state index contributed by atoms with van der Waals surface area (Å²) < 4.78 is 4.89. The first-order valence-electron chi connectivity index (χ1n) is 2.87. The Bertz CT molecular complexity index is 105. The smallest absolute Gasteiger partial charge is 0.190 e. The summed E-state index contributed by atoms with van der Waals surface area (Å²) in [6.45, 7) is 3.93. The maximum Gasteiger partial charge on any atom is 0.190 e. The molecule has 0 rings (SSSR count). The SMILES string of the molecule is BC(=O)C(OI)C(C)C. The number of carbonyl (C=O) groups is 1. The van der Waals surface area contributed by atoms with E-state index >= 15 is 0 Å². The Morgan fingerprint density at radius 2 is 2.11 bits per heavy atom. The molecule has 0 saturated heterocycles. The molecule has 9 heavy (non-hydrogen) atoms. The van der Waals surface area contributed by atoms with Gasteiger partial charge in [-0.3, -0.25) is 0 Å². The van der Waals surface area contributed by atoms with E-state index in [0.717, 1.165) is 0 Å². The highest BCUT2D eigenvalue weighted by molar-refractivity contribution is 14.1. The zero-order chi connectivity index (χ0) is 7.44. The molecule has 0 aliphatic carbocycles. The molecule has 0 fully saturated rings. The number of halogens is 1. The van der Waals surface area contributed by atoms with Gasteiger partial charge in [-0.15, -0.1) is 0 Å². The van der Waals surface area contributed by atoms with Crippen LogP contribution in [0.5, 0.6) is 0 Å². The minimum atomic E-state index is -0.231. The van der Waals surface area contributed by atoms with Crippen LogP contribution >= 0.6 is 23.0 Å². The molecule has 52 valence electrons. The summed E-state index contributed by atoms with van der Waals surface area (Å²) in [6, 6.07) is 0. The van der Waals surface area contributed by atoms with Gasteiger partial charge in [0.25, 0.3) is 0 Å². The molecule has 0 aliphatic heterocycles. The molecule has 1 atom stereocenters. The van der Waals surface area contributed by atoms with Crippen LogP contribution in [0.25, 0.3) is 0 Å². The molecule has 0 spiro atoms. The predicted octanol–water partition coefficient (Wildman–Crippen LogP) is 0.537. The summed E-state index contributed by atoms with van der Waals surface area (Å²) in [7, 11) is 1.54. The van der Waals surface area contributed by atoms with Crippen molar-refractivity contribution in [3.63, 3.8) is 0 Å². The first-order valence-corrected chi connectivity index (χ1v) is 3.75. The van der Waals surface area contributed by atoms with Crippen LogP contribution in [-0.4, -0.2) is 19.6 Å². The Balaban J connectivity index is 3.83. The lowest BCUT2D eigenvalue weighted by atomic mass is 9.90. The molecule has 0 aromatic rings. The maximum absolute atomic E-state index is 10.7. The monoisotopic (exact) mass is 240 g/mol. The Morgan fingerprint density at radius 1 is 1.67 bits per heavy atom. The van der Waals surface area contributed by atoms with Crippen molar-refractivity contribution in [3.8, 4) is 0 Å². The van der Waals surface area contributed by atoms with Gasteiger partial charge in [0.1, 0.15) is 34.8 Å². The van der Waals surface area contributed by atoms with Crippen molar-refractivity contribution < 1.29 is 7.86 Å². The molecule has 2 nitrogen and oxygen atoms in total. The lowest BCUT2D eigenvalue weighted by molar-refractivity contribution is -0.118. The van der Waals surface area contributed by atoms with E-state index in [1.54, 1.807) is 30.9 Å². The van der Waals surface area contributed by atoms with E-state index in [4.69, 9.17) is 3.07 Å². The van der Waals surface area contributed by atoms with E-state index in [-0.39, 0.29) is 17.7 Å². The van der Waals surface area contributed by atoms with Crippen LogP contribution in [0.2, 0.25) is 0 Å². The van der Waals surface area contributed by atoms with E-state index in [9.17, 15) is 4.79 Å². The zero-order valence-corrected chi connectivity index (χ0v) is 8.01. The highest BCUT2D eigenvalue weighted by Crippen LogP contribution is 2.09. The maximum atomic E-state index is 10.7. The van der Waals surface area contributed by atoms with E-state index in [0.29, 0.717) is 0 Å². The molecule has 0 aliphatic rings. The second-order valence-corrected chi connectivity index (χ2v) is 2.87. The Hall–Kier alpha value is 0.425. The highest BCUT2D eigenvalue weighted by atomic mass is 127. The van der Waals surface area contributed by atoms with E-state index in [2.05, 4.69) is 0 Å². The van der Waals surface area contributed by atoms with Gasteiger partial charge >= 0.3 is 0 Å². The minimum Gasteiger partial charge on any atom is -0.309 e. The van der Waals surface area contributed by atoms with Gasteiger partial charge in [0.2, 0.25) is 0 Å². The van der Waals surface area contributed by atoms with Gasteiger partial charge in [-0.25, -0.2) is 0 Å². The molecule has 0 bridgehead atoms. The van der Waals surface area contributed by atoms with Gasteiger partial charge in [0.05, 0.1) is 0 Å². The molecular weight excluding hydrogens is 230 g/mol. The van der Waals surface area contributed by atoms with E-state index in [1.807, 2.05) is 13.8 Å². The third-order valence-electron chi connectivity index (χ3n) is 1.10. The van der Waals surface area contributed by atoms with Gasteiger partial charge < -0.3 is 7.86 Å². The summed E-state index contributed by atoms with van der Waals surface area (Å²) in [4.78, 5) is 10.7. The highest BCUT2D eigenvalue weighted by Gasteiger charge is 2.16. The van der Waals surface area contributed by atoms with Crippen molar-refractivity contribution >= 4 is 36.5 Å². The summed E-state index contributed by atoms with van der Waals surface area (Å²) in [5, 5.41) is 0. The average Bonchev–Trinajstić information content (AvgIpc) is 1.64. The molecule has 0 aromatic carbocycles. The third-order valence-corrected chi connectivity index (χ3v) is 1.65. The van der Waals surface area contributed by atoms with Crippen LogP contribution in [0, 0.1) is 5.92 Å². The molecule has 0 N–H and O–H groups in total. The van der Waals surface area contributed by atoms with Crippen molar-refractivity contribution in [2.75, 3.05) is 0 Å². The van der Waals surface area contributed by atoms with Gasteiger partial charge in [0, 0.05) is 0 Å². The summed E-state index contributed by atoms with van der Waals surface area (Å²) in [5.41, 5.74) is 0.0967. The van der Waals surface area contributed by atoms with Crippen LogP contribution in [0.1, 0.15) is 13.8 Å². The Morgan fingerprint density at radius 3 is 2.11 bits per heavy atom. The second-order valence-electron chi connectivity index (χ2n) is 2.36. The molecule has 1 unspecified atom stereocenters. The molecule has 0 radical (unpaired) electrons. The Kier molecular flexibility index (Phi) is 4.48. The van der Waals surface area contributed by atoms with Crippen molar-refractivity contribution in [3.05, 3.63) is 0 Å². The largest absolute Gasteiger partial charge is 0.309 e. The van der Waals surface area contributed by atoms with Crippen molar-refractivity contribution in [1.82, 2.24) is 0 Å². The molecular formula is C5H10BIO2. The number of hydrogen-bond acceptors (Lipinski definition) is 2. The fourth-order valence-electron chi connectivity index (χ4n) is 0.635. The fourth-order valence-corrected chi connectivity index (χ4v) is 1.58. The molecule has 0 aromatic heterocycles. The number of carbonyl (C=O) groups excluding carboxylic acids is 1. The van der Waals surface area contributed by atoms with Gasteiger partial charge in [-0.2, -0.15) is 0 Å². The normalized spacial score (nSPS) is 13.8. The van der Waals surface area contributed by atoms with E-state index in [1.165, 1.54) is 0 Å². The predicted molar refractivity (Wildman–Crippen MR) is 47.3 cm³/mol. The van der Waals surface area contributed by atoms with Crippen molar-refractivity contribution in [2.45, 2.75) is 20.0 Å². The number of rotatable bonds is 3. The average molecular weight is 240 g/mol. The molecule has 0 heterocycles. The summed E-state index contributed by atoms with van der Waals surface area (Å²) in [5.74, 6) is 0.277. The topological polar surface area (TPSA) is 26.3 Å². The fraction of sp³-hybridized carbons (Fsp3) is 0.800. The third kappa shape index (κ3) is 3.20. The summed E-state index contributed by atoms with van der Waals surface area (Å²) >= 11 is 1.76. The molecule has 4 heteroatoms. The van der Waals surface area contributed by atoms with Gasteiger partial charge in [0.15, 0.2) is 7.85 Å². The van der Waals surface area contributed by atoms with Crippen molar-refractivity contribution in [2.24, 2.45) is 5.92 Å². The van der Waals surface area contributed by atoms with Crippen LogP contribution in [0.3, 0.4) is 0 Å². The first-order chi connectivity index (χ1) is 4.09. The lowest BCUT2D eigenvalue weighted by Crippen LogP contribution is -2.26. The van der Waals surface area contributed by atoms with Crippen LogP contribution in [-0.2, 0) is 7.86 Å². The van der Waals surface area contributed by atoms with Gasteiger partial charge in [-0.1, -0.05) is 13.8 Å². The summed E-state index contributed by atoms with van der Waals surface area (Å²) in [6.07, 6.45) is -0.231. The Labute approximate surface area is 70.4 Å². The van der Waals surface area contributed by atoms with Gasteiger partial charge in [-0.05, 0) is 5.92 Å². The lowest BCUT2D eigenvalue weighted by Gasteiger charge is -2.13. The second kappa shape index (κ2) is 4.27. The standard InChI is InChI=1S/C5H10BIO2/c1-3(2)4(9-7)5(6)8/h3-4H,6H2,1-2H3. The van der Waals surface area contributed by atoms with Crippen molar-refractivity contribution in [1.29, 1.82) is 0 Å². The minimum absolute atomic E-state index is 0.0967. The molecule has 0 saturated carbocycles. The van der Waals surface area contributed by atoms with Crippen LogP contribution in [0.15, 0.2) is 0 Å². The van der Waals surface area contributed by atoms with Crippen LogP contribution < -0.4 is 0 Å². The zero-order valence-electron chi connectivity index (χ0n) is 5.85. The van der Waals surface area contributed by atoms with Crippen LogP contribution in [0.4, 0.5) is 0 Å². The quantitative estimate of drug-likeness (QED) is 0.531. The first kappa shape index (κ1) is 9.42.